The summed E-state index contributed by atoms with van der Waals surface area (Å²) in [6.07, 6.45) is -0.552. The van der Waals surface area contributed by atoms with Crippen molar-refractivity contribution in [2.24, 2.45) is 0 Å². The van der Waals surface area contributed by atoms with Crippen molar-refractivity contribution < 1.29 is 29.0 Å². The summed E-state index contributed by atoms with van der Waals surface area (Å²) >= 11 is 0. The predicted molar refractivity (Wildman–Crippen MR) is 73.8 cm³/mol. The van der Waals surface area contributed by atoms with E-state index in [0.717, 1.165) is 0 Å². The fourth-order valence-electron chi connectivity index (χ4n) is 1.22. The van der Waals surface area contributed by atoms with Crippen LogP contribution >= 0.6 is 0 Å². The standard InChI is InChI=1S/C12H23N3O6/c1-13-2-5-21-9-11(17)15-4-7-20-6-3-14-10(16)8-12(18)19/h13H,2-9H2,1H3,(H,14,16)(H,15,17)(H,18,19). The van der Waals surface area contributed by atoms with Gasteiger partial charge >= 0.3 is 5.97 Å². The second-order valence-corrected chi connectivity index (χ2v) is 4.04. The quantitative estimate of drug-likeness (QED) is 0.228. The summed E-state index contributed by atoms with van der Waals surface area (Å²) in [5.41, 5.74) is 0. The van der Waals surface area contributed by atoms with Crippen molar-refractivity contribution in [3.8, 4) is 0 Å². The van der Waals surface area contributed by atoms with Gasteiger partial charge in [-0.15, -0.1) is 0 Å². The van der Waals surface area contributed by atoms with Crippen molar-refractivity contribution in [3.63, 3.8) is 0 Å². The number of ether oxygens (including phenoxy) is 2. The Kier molecular flexibility index (Phi) is 12.2. The Bertz CT molecular complexity index is 324. The Labute approximate surface area is 123 Å². The van der Waals surface area contributed by atoms with Gasteiger partial charge in [0.2, 0.25) is 11.8 Å². The lowest BCUT2D eigenvalue weighted by atomic mass is 10.4. The summed E-state index contributed by atoms with van der Waals surface area (Å²) in [5, 5.41) is 16.3. The molecule has 2 amide bonds. The van der Waals surface area contributed by atoms with E-state index >= 15 is 0 Å². The predicted octanol–water partition coefficient (Wildman–Crippen LogP) is -2.05. The Morgan fingerprint density at radius 3 is 2.05 bits per heavy atom. The first kappa shape index (κ1) is 19.3. The van der Waals surface area contributed by atoms with E-state index in [4.69, 9.17) is 14.6 Å². The summed E-state index contributed by atoms with van der Waals surface area (Å²) in [4.78, 5) is 32.4. The van der Waals surface area contributed by atoms with Gasteiger partial charge in [-0.05, 0) is 7.05 Å². The van der Waals surface area contributed by atoms with Crippen molar-refractivity contribution in [1.29, 1.82) is 0 Å². The molecule has 21 heavy (non-hydrogen) atoms. The van der Waals surface area contributed by atoms with Gasteiger partial charge in [0.25, 0.3) is 0 Å². The minimum absolute atomic E-state index is 0.00687. The molecule has 0 heterocycles. The van der Waals surface area contributed by atoms with Crippen LogP contribution in [0.3, 0.4) is 0 Å². The van der Waals surface area contributed by atoms with E-state index in [9.17, 15) is 14.4 Å². The molecule has 0 aromatic carbocycles. The van der Waals surface area contributed by atoms with Gasteiger partial charge in [-0.3, -0.25) is 14.4 Å². The fourth-order valence-corrected chi connectivity index (χ4v) is 1.22. The number of carbonyl (C=O) groups excluding carboxylic acids is 2. The first-order valence-electron chi connectivity index (χ1n) is 6.61. The Morgan fingerprint density at radius 1 is 0.905 bits per heavy atom. The molecule has 0 radical (unpaired) electrons. The number of aliphatic carboxylic acids is 1. The van der Waals surface area contributed by atoms with Gasteiger partial charge in [0, 0.05) is 19.6 Å². The molecule has 0 aromatic rings. The van der Waals surface area contributed by atoms with Crippen molar-refractivity contribution in [1.82, 2.24) is 16.0 Å². The molecule has 0 saturated carbocycles. The maximum atomic E-state index is 11.3. The van der Waals surface area contributed by atoms with E-state index in [0.29, 0.717) is 26.3 Å². The van der Waals surface area contributed by atoms with E-state index in [1.807, 2.05) is 0 Å². The van der Waals surface area contributed by atoms with E-state index in [2.05, 4.69) is 16.0 Å². The molecule has 9 nitrogen and oxygen atoms in total. The zero-order valence-corrected chi connectivity index (χ0v) is 12.1. The number of carbonyl (C=O) groups is 3. The molecule has 0 rings (SSSR count). The Hall–Kier alpha value is -1.71. The number of nitrogens with one attached hydrogen (secondary N) is 3. The van der Waals surface area contributed by atoms with Crippen LogP contribution < -0.4 is 16.0 Å². The molecule has 0 aliphatic heterocycles. The summed E-state index contributed by atoms with van der Waals surface area (Å²) in [6.45, 7) is 2.29. The van der Waals surface area contributed by atoms with E-state index in [1.165, 1.54) is 0 Å². The average molecular weight is 305 g/mol. The van der Waals surface area contributed by atoms with Crippen LogP contribution in [0, 0.1) is 0 Å². The molecule has 0 aliphatic rings. The third-order valence-corrected chi connectivity index (χ3v) is 2.18. The highest BCUT2D eigenvalue weighted by atomic mass is 16.5. The SMILES string of the molecule is CNCCOCC(=O)NCCOCCNC(=O)CC(=O)O. The highest BCUT2D eigenvalue weighted by Gasteiger charge is 2.05. The molecule has 0 atom stereocenters. The fraction of sp³-hybridized carbons (Fsp3) is 0.750. The number of hydrogen-bond donors (Lipinski definition) is 4. The zero-order chi connectivity index (χ0) is 15.9. The van der Waals surface area contributed by atoms with Crippen molar-refractivity contribution in [2.45, 2.75) is 6.42 Å². The maximum Gasteiger partial charge on any atom is 0.312 e. The van der Waals surface area contributed by atoms with Gasteiger partial charge in [-0.25, -0.2) is 0 Å². The third-order valence-electron chi connectivity index (χ3n) is 2.18. The molecule has 0 unspecified atom stereocenters. The lowest BCUT2D eigenvalue weighted by Gasteiger charge is -2.07. The minimum Gasteiger partial charge on any atom is -0.481 e. The van der Waals surface area contributed by atoms with Gasteiger partial charge in [-0.1, -0.05) is 0 Å². The number of hydrogen-bond acceptors (Lipinski definition) is 6. The molecule has 0 fully saturated rings. The molecule has 0 aromatic heterocycles. The number of likely N-dealkylation sites (N-methyl/N-ethyl adjacent to an activating group) is 1. The van der Waals surface area contributed by atoms with E-state index in [1.54, 1.807) is 7.05 Å². The Morgan fingerprint density at radius 2 is 1.48 bits per heavy atom. The van der Waals surface area contributed by atoms with Crippen LogP contribution in [0.15, 0.2) is 0 Å². The first-order valence-corrected chi connectivity index (χ1v) is 6.61. The first-order chi connectivity index (χ1) is 10.1. The third kappa shape index (κ3) is 14.5. The van der Waals surface area contributed by atoms with Crippen LogP contribution in [-0.2, 0) is 23.9 Å². The van der Waals surface area contributed by atoms with Crippen molar-refractivity contribution >= 4 is 17.8 Å². The summed E-state index contributed by atoms with van der Waals surface area (Å²) < 4.78 is 10.2. The molecule has 9 heteroatoms. The molecule has 0 spiro atoms. The largest absolute Gasteiger partial charge is 0.481 e. The van der Waals surface area contributed by atoms with Gasteiger partial charge in [0.1, 0.15) is 13.0 Å². The van der Waals surface area contributed by atoms with Crippen molar-refractivity contribution in [2.75, 3.05) is 53.1 Å². The number of rotatable bonds is 13. The van der Waals surface area contributed by atoms with Crippen LogP contribution in [0.4, 0.5) is 0 Å². The Balaban J connectivity index is 3.30. The van der Waals surface area contributed by atoms with Crippen LogP contribution in [-0.4, -0.2) is 76.0 Å². The molecular weight excluding hydrogens is 282 g/mol. The molecule has 0 saturated heterocycles. The van der Waals surface area contributed by atoms with Gasteiger partial charge in [0.15, 0.2) is 0 Å². The molecular formula is C12H23N3O6. The topological polar surface area (TPSA) is 126 Å². The lowest BCUT2D eigenvalue weighted by molar-refractivity contribution is -0.140. The maximum absolute atomic E-state index is 11.3. The molecule has 122 valence electrons. The van der Waals surface area contributed by atoms with Crippen LogP contribution in [0.2, 0.25) is 0 Å². The number of carboxylic acids is 1. The van der Waals surface area contributed by atoms with Gasteiger partial charge in [-0.2, -0.15) is 0 Å². The smallest absolute Gasteiger partial charge is 0.312 e. The molecule has 4 N–H and O–H groups in total. The highest BCUT2D eigenvalue weighted by molar-refractivity contribution is 5.93. The molecule has 0 aliphatic carbocycles. The van der Waals surface area contributed by atoms with Gasteiger partial charge < -0.3 is 30.5 Å². The number of amides is 2. The van der Waals surface area contributed by atoms with E-state index in [-0.39, 0.29) is 25.7 Å². The van der Waals surface area contributed by atoms with Gasteiger partial charge in [0.05, 0.1) is 19.8 Å². The molecule has 0 bridgehead atoms. The lowest BCUT2D eigenvalue weighted by Crippen LogP contribution is -2.32. The van der Waals surface area contributed by atoms with Crippen molar-refractivity contribution in [3.05, 3.63) is 0 Å². The van der Waals surface area contributed by atoms with Crippen LogP contribution in [0.5, 0.6) is 0 Å². The second kappa shape index (κ2) is 13.3. The normalized spacial score (nSPS) is 10.1. The van der Waals surface area contributed by atoms with E-state index < -0.39 is 18.3 Å². The van der Waals surface area contributed by atoms with Crippen LogP contribution in [0.25, 0.3) is 0 Å². The minimum atomic E-state index is -1.17. The summed E-state index contributed by atoms with van der Waals surface area (Å²) in [7, 11) is 1.80. The monoisotopic (exact) mass is 305 g/mol. The summed E-state index contributed by atoms with van der Waals surface area (Å²) in [6, 6.07) is 0. The number of carboxylic acid groups (broad SMARTS) is 1. The highest BCUT2D eigenvalue weighted by Crippen LogP contribution is 1.80. The zero-order valence-electron chi connectivity index (χ0n) is 12.1. The summed E-state index contributed by atoms with van der Waals surface area (Å²) in [5.74, 6) is -1.95. The second-order valence-electron chi connectivity index (χ2n) is 4.04. The average Bonchev–Trinajstić information content (AvgIpc) is 2.41. The van der Waals surface area contributed by atoms with Crippen LogP contribution in [0.1, 0.15) is 6.42 Å².